The predicted molar refractivity (Wildman–Crippen MR) is 175 cm³/mol. The summed E-state index contributed by atoms with van der Waals surface area (Å²) in [5, 5.41) is 1.62. The summed E-state index contributed by atoms with van der Waals surface area (Å²) in [6.07, 6.45) is -6.96. The van der Waals surface area contributed by atoms with E-state index in [9.17, 15) is 35.9 Å². The van der Waals surface area contributed by atoms with Gasteiger partial charge >= 0.3 is 12.4 Å². The normalized spacial score (nSPS) is 21.1. The first-order chi connectivity index (χ1) is 23.6. The van der Waals surface area contributed by atoms with Crippen molar-refractivity contribution in [3.63, 3.8) is 0 Å². The Balaban J connectivity index is 1.64. The average molecular weight is 744 g/mol. The van der Waals surface area contributed by atoms with Gasteiger partial charge in [0.15, 0.2) is 0 Å². The zero-order valence-corrected chi connectivity index (χ0v) is 28.9. The van der Waals surface area contributed by atoms with Crippen molar-refractivity contribution in [1.82, 2.24) is 14.8 Å². The summed E-state index contributed by atoms with van der Waals surface area (Å²) in [6, 6.07) is 6.11. The highest BCUT2D eigenvalue weighted by atomic mass is 35.5. The molecule has 5 rings (SSSR count). The summed E-state index contributed by atoms with van der Waals surface area (Å²) < 4.78 is 89.7. The van der Waals surface area contributed by atoms with E-state index in [1.807, 2.05) is 0 Å². The molecule has 2 aliphatic heterocycles. The molecule has 270 valence electrons. The van der Waals surface area contributed by atoms with Crippen LogP contribution in [-0.4, -0.2) is 56.6 Å². The minimum absolute atomic E-state index is 0.0210. The molecule has 2 aliphatic rings. The van der Waals surface area contributed by atoms with Gasteiger partial charge in [0.1, 0.15) is 22.1 Å². The minimum atomic E-state index is -4.91. The number of hydrogen-bond acceptors (Lipinski definition) is 6. The molecule has 3 aromatic rings. The summed E-state index contributed by atoms with van der Waals surface area (Å²) in [5.41, 5.74) is -2.44. The number of hydrogen-bond donors (Lipinski definition) is 0. The van der Waals surface area contributed by atoms with Crippen molar-refractivity contribution < 1.29 is 45.5 Å². The Kier molecular flexibility index (Phi) is 11.2. The van der Waals surface area contributed by atoms with Crippen LogP contribution in [0.2, 0.25) is 5.02 Å². The third kappa shape index (κ3) is 7.80. The van der Waals surface area contributed by atoms with Gasteiger partial charge in [0.25, 0.3) is 11.8 Å². The Bertz CT molecular complexity index is 1730. The molecule has 0 saturated carbocycles. The van der Waals surface area contributed by atoms with E-state index in [0.717, 1.165) is 45.8 Å². The van der Waals surface area contributed by atoms with E-state index in [0.29, 0.717) is 35.6 Å². The van der Waals surface area contributed by atoms with Crippen LogP contribution in [0.4, 0.5) is 26.3 Å². The third-order valence-corrected chi connectivity index (χ3v) is 10.5. The molecule has 50 heavy (non-hydrogen) atoms. The number of nitrogens with zero attached hydrogens (tertiary/aromatic N) is 3. The highest BCUT2D eigenvalue weighted by molar-refractivity contribution is 7.10. The van der Waals surface area contributed by atoms with Crippen LogP contribution >= 0.6 is 22.9 Å². The quantitative estimate of drug-likeness (QED) is 0.194. The Labute approximate surface area is 294 Å². The monoisotopic (exact) mass is 743 g/mol. The molecular formula is C35H36ClF6N3O4S. The van der Waals surface area contributed by atoms with Crippen molar-refractivity contribution in [3.05, 3.63) is 80.3 Å². The Morgan fingerprint density at radius 3 is 2.44 bits per heavy atom. The molecule has 15 heteroatoms. The SMILES string of the molecule is CCC[C@H]1N(C(=O)c2ncccc2C(F)(F)F)CCC[C@@]1(Oc1csc(C(F)(F)F)c1)C(=O)N1Cc2ccc(Cl)cc2C[C@@H]1CCC(=O)CC. The second-order valence-corrected chi connectivity index (χ2v) is 13.9. The molecule has 0 spiro atoms. The first kappa shape index (κ1) is 37.6. The fourth-order valence-electron chi connectivity index (χ4n) is 6.93. The van der Waals surface area contributed by atoms with E-state index in [1.54, 1.807) is 36.9 Å². The molecule has 1 saturated heterocycles. The number of alkyl halides is 6. The lowest BCUT2D eigenvalue weighted by Crippen LogP contribution is -2.69. The third-order valence-electron chi connectivity index (χ3n) is 9.33. The van der Waals surface area contributed by atoms with Gasteiger partial charge in [0, 0.05) is 61.1 Å². The predicted octanol–water partition coefficient (Wildman–Crippen LogP) is 8.77. The van der Waals surface area contributed by atoms with Crippen LogP contribution in [0.15, 0.2) is 48.0 Å². The van der Waals surface area contributed by atoms with Crippen LogP contribution in [0.3, 0.4) is 0 Å². The first-order valence-electron chi connectivity index (χ1n) is 16.4. The molecule has 4 heterocycles. The van der Waals surface area contributed by atoms with Crippen LogP contribution in [0.1, 0.15) is 90.8 Å². The van der Waals surface area contributed by atoms with Gasteiger partial charge in [-0.3, -0.25) is 19.4 Å². The number of ketones is 1. The molecule has 0 N–H and O–H groups in total. The van der Waals surface area contributed by atoms with Crippen molar-refractivity contribution in [2.45, 2.75) is 102 Å². The number of likely N-dealkylation sites (tertiary alicyclic amines) is 1. The van der Waals surface area contributed by atoms with E-state index >= 15 is 4.79 Å². The van der Waals surface area contributed by atoms with Gasteiger partial charge in [0.05, 0.1) is 11.6 Å². The Hall–Kier alpha value is -3.65. The van der Waals surface area contributed by atoms with Crippen molar-refractivity contribution in [1.29, 1.82) is 0 Å². The Morgan fingerprint density at radius 1 is 1.02 bits per heavy atom. The molecule has 2 aromatic heterocycles. The van der Waals surface area contributed by atoms with Crippen LogP contribution in [-0.2, 0) is 34.9 Å². The number of halogens is 7. The summed E-state index contributed by atoms with van der Waals surface area (Å²) in [7, 11) is 0. The smallest absolute Gasteiger partial charge is 0.425 e. The Morgan fingerprint density at radius 2 is 1.78 bits per heavy atom. The van der Waals surface area contributed by atoms with Gasteiger partial charge in [0.2, 0.25) is 5.60 Å². The van der Waals surface area contributed by atoms with Gasteiger partial charge in [-0.15, -0.1) is 11.3 Å². The van der Waals surface area contributed by atoms with Crippen LogP contribution in [0.5, 0.6) is 5.75 Å². The lowest BCUT2D eigenvalue weighted by molar-refractivity contribution is -0.163. The molecule has 0 aliphatic carbocycles. The van der Waals surface area contributed by atoms with Crippen LogP contribution < -0.4 is 4.74 Å². The second kappa shape index (κ2) is 14.9. The number of rotatable bonds is 10. The van der Waals surface area contributed by atoms with Gasteiger partial charge in [-0.25, -0.2) is 0 Å². The minimum Gasteiger partial charge on any atom is -0.474 e. The molecule has 7 nitrogen and oxygen atoms in total. The lowest BCUT2D eigenvalue weighted by Gasteiger charge is -2.51. The van der Waals surface area contributed by atoms with E-state index in [4.69, 9.17) is 16.3 Å². The van der Waals surface area contributed by atoms with Crippen molar-refractivity contribution >= 4 is 40.5 Å². The number of fused-ring (bicyclic) bond motifs is 1. The molecular weight excluding hydrogens is 708 g/mol. The van der Waals surface area contributed by atoms with E-state index < -0.39 is 58.0 Å². The fraction of sp³-hybridized carbons (Fsp3) is 0.486. The number of pyridine rings is 1. The van der Waals surface area contributed by atoms with Crippen molar-refractivity contribution in [3.8, 4) is 5.75 Å². The molecule has 0 radical (unpaired) electrons. The summed E-state index contributed by atoms with van der Waals surface area (Å²) >= 11 is 6.66. The number of aromatic nitrogens is 1. The largest absolute Gasteiger partial charge is 0.474 e. The number of ether oxygens (including phenoxy) is 1. The van der Waals surface area contributed by atoms with E-state index in [-0.39, 0.29) is 56.7 Å². The van der Waals surface area contributed by atoms with Gasteiger partial charge in [-0.05, 0) is 61.1 Å². The number of Topliss-reactive ketones (excluding diaryl/α,β-unsaturated/α-hetero) is 1. The second-order valence-electron chi connectivity index (χ2n) is 12.6. The first-order valence-corrected chi connectivity index (χ1v) is 17.6. The number of carbonyl (C=O) groups is 3. The molecule has 1 fully saturated rings. The molecule has 1 aromatic carbocycles. The van der Waals surface area contributed by atoms with Crippen molar-refractivity contribution in [2.75, 3.05) is 6.54 Å². The van der Waals surface area contributed by atoms with Crippen LogP contribution in [0, 0.1) is 0 Å². The lowest BCUT2D eigenvalue weighted by atomic mass is 9.78. The number of piperidine rings is 1. The maximum Gasteiger partial charge on any atom is 0.425 e. The summed E-state index contributed by atoms with van der Waals surface area (Å²) in [4.78, 5) is 47.3. The number of carbonyl (C=O) groups excluding carboxylic acids is 3. The van der Waals surface area contributed by atoms with E-state index in [1.165, 1.54) is 0 Å². The van der Waals surface area contributed by atoms with Crippen LogP contribution in [0.25, 0.3) is 0 Å². The zero-order valence-electron chi connectivity index (χ0n) is 27.4. The average Bonchev–Trinajstić information content (AvgIpc) is 3.55. The molecule has 0 bridgehead atoms. The highest BCUT2D eigenvalue weighted by Crippen LogP contribution is 2.44. The highest BCUT2D eigenvalue weighted by Gasteiger charge is 2.57. The molecule has 2 amide bonds. The molecule has 0 unspecified atom stereocenters. The fourth-order valence-corrected chi connectivity index (χ4v) is 7.81. The summed E-state index contributed by atoms with van der Waals surface area (Å²) in [5.74, 6) is -1.96. The van der Waals surface area contributed by atoms with E-state index in [2.05, 4.69) is 4.98 Å². The van der Waals surface area contributed by atoms with Gasteiger partial charge in [-0.1, -0.05) is 37.9 Å². The number of thiophene rings is 1. The standard InChI is InChI=1S/C35H36ClF6N3O4S/c1-3-7-28-33(49-26-18-29(50-20-26)35(40,41)42,13-6-15-44(28)31(47)30-27(34(37,38)39)8-5-14-43-30)32(48)45-19-21-9-10-23(36)16-22(21)17-24(45)11-12-25(46)4-2/h5,8-10,14,16,18,20,24,28H,3-4,6-7,11-13,15,17,19H2,1-2H3/t24-,28+,33-/m0/s1. The summed E-state index contributed by atoms with van der Waals surface area (Å²) in [6.45, 7) is 3.52. The topological polar surface area (TPSA) is 79.8 Å². The zero-order chi connectivity index (χ0) is 36.4. The maximum absolute atomic E-state index is 15.2. The maximum atomic E-state index is 15.2. The van der Waals surface area contributed by atoms with Gasteiger partial charge < -0.3 is 14.5 Å². The van der Waals surface area contributed by atoms with Gasteiger partial charge in [-0.2, -0.15) is 26.3 Å². The number of benzene rings is 1. The molecule has 3 atom stereocenters. The van der Waals surface area contributed by atoms with Crippen molar-refractivity contribution in [2.24, 2.45) is 0 Å². The number of amides is 2.